The maximum absolute atomic E-state index is 11.4. The Bertz CT molecular complexity index is 323. The molecule has 1 aliphatic heterocycles. The minimum Gasteiger partial charge on any atom is -0.415 e. The van der Waals surface area contributed by atoms with Crippen LogP contribution in [0.3, 0.4) is 0 Å². The second-order valence-corrected chi connectivity index (χ2v) is 12.4. The number of carbonyl (C=O) groups is 1. The summed E-state index contributed by atoms with van der Waals surface area (Å²) >= 11 is 0. The van der Waals surface area contributed by atoms with Crippen molar-refractivity contribution in [3.63, 3.8) is 0 Å². The molecule has 0 aromatic carbocycles. The number of likely N-dealkylation sites (tertiary alicyclic amines) is 1. The van der Waals surface area contributed by atoms with E-state index < -0.39 is 8.32 Å². The molecule has 1 saturated heterocycles. The van der Waals surface area contributed by atoms with Gasteiger partial charge in [0.1, 0.15) is 5.78 Å². The topological polar surface area (TPSA) is 29.5 Å². The molecule has 1 fully saturated rings. The van der Waals surface area contributed by atoms with Gasteiger partial charge in [-0.2, -0.15) is 0 Å². The van der Waals surface area contributed by atoms with Crippen molar-refractivity contribution in [3.8, 4) is 0 Å². The average Bonchev–Trinajstić information content (AvgIpc) is 2.25. The SMILES string of the molecule is CC(=O)[C@H]1CCC(CO[Si](C)(C)C(C)(C)C)N(C)C1. The van der Waals surface area contributed by atoms with Crippen LogP contribution in [-0.4, -0.2) is 45.2 Å². The van der Waals surface area contributed by atoms with Crippen LogP contribution in [0.2, 0.25) is 18.1 Å². The van der Waals surface area contributed by atoms with Crippen LogP contribution in [0.5, 0.6) is 0 Å². The normalized spacial score (nSPS) is 26.5. The number of hydrogen-bond donors (Lipinski definition) is 0. The smallest absolute Gasteiger partial charge is 0.192 e. The summed E-state index contributed by atoms with van der Waals surface area (Å²) in [4.78, 5) is 13.8. The summed E-state index contributed by atoms with van der Waals surface area (Å²) in [5.74, 6) is 0.560. The molecule has 3 nitrogen and oxygen atoms in total. The van der Waals surface area contributed by atoms with Crippen LogP contribution < -0.4 is 0 Å². The first-order valence-electron chi connectivity index (χ1n) is 7.39. The second kappa shape index (κ2) is 6.06. The highest BCUT2D eigenvalue weighted by atomic mass is 28.4. The Kier molecular flexibility index (Phi) is 5.38. The number of ketones is 1. The van der Waals surface area contributed by atoms with E-state index in [1.165, 1.54) is 0 Å². The monoisotopic (exact) mass is 285 g/mol. The van der Waals surface area contributed by atoms with Crippen molar-refractivity contribution in [2.45, 2.75) is 64.7 Å². The van der Waals surface area contributed by atoms with Crippen LogP contribution >= 0.6 is 0 Å². The van der Waals surface area contributed by atoms with E-state index in [9.17, 15) is 4.79 Å². The molecule has 1 aliphatic rings. The number of piperidine rings is 1. The van der Waals surface area contributed by atoms with E-state index in [-0.39, 0.29) is 11.0 Å². The van der Waals surface area contributed by atoms with Crippen LogP contribution in [0, 0.1) is 5.92 Å². The molecule has 2 atom stereocenters. The Hall–Kier alpha value is -0.193. The van der Waals surface area contributed by atoms with Crippen molar-refractivity contribution in [1.82, 2.24) is 4.90 Å². The van der Waals surface area contributed by atoms with Crippen molar-refractivity contribution in [2.75, 3.05) is 20.2 Å². The molecule has 1 heterocycles. The molecular formula is C15H31NO2Si. The zero-order chi connectivity index (χ0) is 14.8. The van der Waals surface area contributed by atoms with Crippen LogP contribution in [0.15, 0.2) is 0 Å². The molecule has 0 bridgehead atoms. The summed E-state index contributed by atoms with van der Waals surface area (Å²) in [6.07, 6.45) is 2.10. The van der Waals surface area contributed by atoms with Crippen molar-refractivity contribution >= 4 is 14.1 Å². The maximum Gasteiger partial charge on any atom is 0.192 e. The third-order valence-electron chi connectivity index (χ3n) is 5.00. The summed E-state index contributed by atoms with van der Waals surface area (Å²) in [5, 5.41) is 0.266. The molecule has 0 aromatic rings. The number of nitrogens with zero attached hydrogens (tertiary/aromatic N) is 1. The Morgan fingerprint density at radius 3 is 2.32 bits per heavy atom. The van der Waals surface area contributed by atoms with Crippen molar-refractivity contribution < 1.29 is 9.22 Å². The highest BCUT2D eigenvalue weighted by Crippen LogP contribution is 2.37. The van der Waals surface area contributed by atoms with E-state index in [2.05, 4.69) is 45.8 Å². The van der Waals surface area contributed by atoms with Gasteiger partial charge in [0.05, 0.1) is 0 Å². The predicted molar refractivity (Wildman–Crippen MR) is 83.0 cm³/mol. The van der Waals surface area contributed by atoms with Gasteiger partial charge in [-0.25, -0.2) is 0 Å². The van der Waals surface area contributed by atoms with Gasteiger partial charge in [0.25, 0.3) is 0 Å². The fraction of sp³-hybridized carbons (Fsp3) is 0.933. The van der Waals surface area contributed by atoms with Crippen molar-refractivity contribution in [3.05, 3.63) is 0 Å². The minimum atomic E-state index is -1.65. The van der Waals surface area contributed by atoms with E-state index >= 15 is 0 Å². The van der Waals surface area contributed by atoms with Crippen molar-refractivity contribution in [2.24, 2.45) is 5.92 Å². The Labute approximate surface area is 119 Å². The van der Waals surface area contributed by atoms with Gasteiger partial charge >= 0.3 is 0 Å². The van der Waals surface area contributed by atoms with Crippen LogP contribution in [0.1, 0.15) is 40.5 Å². The molecule has 0 N–H and O–H groups in total. The molecule has 0 saturated carbocycles. The van der Waals surface area contributed by atoms with Gasteiger partial charge < -0.3 is 9.33 Å². The van der Waals surface area contributed by atoms with Gasteiger partial charge in [0, 0.05) is 25.1 Å². The molecule has 19 heavy (non-hydrogen) atoms. The summed E-state index contributed by atoms with van der Waals surface area (Å²) in [6.45, 7) is 14.8. The van der Waals surface area contributed by atoms with Gasteiger partial charge in [-0.15, -0.1) is 0 Å². The molecule has 0 radical (unpaired) electrons. The fourth-order valence-corrected chi connectivity index (χ4v) is 3.31. The number of hydrogen-bond acceptors (Lipinski definition) is 3. The highest BCUT2D eigenvalue weighted by Gasteiger charge is 2.38. The largest absolute Gasteiger partial charge is 0.415 e. The lowest BCUT2D eigenvalue weighted by Crippen LogP contribution is -2.49. The zero-order valence-corrected chi connectivity index (χ0v) is 14.7. The van der Waals surface area contributed by atoms with Gasteiger partial charge in [0.2, 0.25) is 0 Å². The van der Waals surface area contributed by atoms with Gasteiger partial charge in [-0.3, -0.25) is 4.79 Å². The molecule has 1 unspecified atom stereocenters. The second-order valence-electron chi connectivity index (χ2n) is 7.55. The quantitative estimate of drug-likeness (QED) is 0.742. The van der Waals surface area contributed by atoms with Crippen LogP contribution in [0.25, 0.3) is 0 Å². The summed E-state index contributed by atoms with van der Waals surface area (Å²) in [6, 6.07) is 0.477. The lowest BCUT2D eigenvalue weighted by atomic mass is 9.91. The Morgan fingerprint density at radius 1 is 1.32 bits per heavy atom. The molecule has 0 amide bonds. The van der Waals surface area contributed by atoms with Crippen LogP contribution in [-0.2, 0) is 9.22 Å². The number of carbonyl (C=O) groups excluding carboxylic acids is 1. The molecule has 0 aromatic heterocycles. The first-order valence-corrected chi connectivity index (χ1v) is 10.3. The predicted octanol–water partition coefficient (Wildman–Crippen LogP) is 3.31. The standard InChI is InChI=1S/C15H31NO2Si/c1-12(17)13-8-9-14(16(5)10-13)11-18-19(6,7)15(2,3)4/h13-14H,8-11H2,1-7H3/t13-,14?/m0/s1. The first-order chi connectivity index (χ1) is 8.54. The van der Waals surface area contributed by atoms with E-state index in [1.807, 2.05) is 0 Å². The lowest BCUT2D eigenvalue weighted by Gasteiger charge is -2.41. The Balaban J connectivity index is 2.50. The lowest BCUT2D eigenvalue weighted by molar-refractivity contribution is -0.122. The first kappa shape index (κ1) is 16.9. The van der Waals surface area contributed by atoms with E-state index in [4.69, 9.17) is 4.43 Å². The van der Waals surface area contributed by atoms with E-state index in [0.29, 0.717) is 11.8 Å². The number of likely N-dealkylation sites (N-methyl/N-ethyl adjacent to an activating group) is 1. The third kappa shape index (κ3) is 4.40. The molecular weight excluding hydrogens is 254 g/mol. The van der Waals surface area contributed by atoms with Crippen LogP contribution in [0.4, 0.5) is 0 Å². The molecule has 0 spiro atoms. The average molecular weight is 286 g/mol. The van der Waals surface area contributed by atoms with Gasteiger partial charge in [-0.05, 0) is 44.9 Å². The molecule has 0 aliphatic carbocycles. The maximum atomic E-state index is 11.4. The molecule has 1 rings (SSSR count). The zero-order valence-electron chi connectivity index (χ0n) is 13.7. The fourth-order valence-electron chi connectivity index (χ4n) is 2.27. The number of rotatable bonds is 4. The minimum absolute atomic E-state index is 0.231. The molecule has 112 valence electrons. The van der Waals surface area contributed by atoms with E-state index in [1.54, 1.807) is 6.92 Å². The van der Waals surface area contributed by atoms with E-state index in [0.717, 1.165) is 26.0 Å². The summed E-state index contributed by atoms with van der Waals surface area (Å²) in [7, 11) is 0.469. The molecule has 4 heteroatoms. The third-order valence-corrected chi connectivity index (χ3v) is 9.50. The highest BCUT2D eigenvalue weighted by molar-refractivity contribution is 6.74. The number of Topliss-reactive ketones (excluding diaryl/α,β-unsaturated/α-hetero) is 1. The van der Waals surface area contributed by atoms with Crippen molar-refractivity contribution in [1.29, 1.82) is 0 Å². The van der Waals surface area contributed by atoms with Gasteiger partial charge in [-0.1, -0.05) is 20.8 Å². The summed E-state index contributed by atoms with van der Waals surface area (Å²) in [5.41, 5.74) is 0. The van der Waals surface area contributed by atoms with Gasteiger partial charge in [0.15, 0.2) is 8.32 Å². The Morgan fingerprint density at radius 2 is 1.89 bits per heavy atom. The summed E-state index contributed by atoms with van der Waals surface area (Å²) < 4.78 is 6.31.